The Morgan fingerprint density at radius 2 is 1.10 bits per heavy atom. The van der Waals surface area contributed by atoms with Gasteiger partial charge in [-0.25, -0.2) is 0 Å². The molecular weight excluding hydrogens is 343 g/mol. The van der Waals surface area contributed by atoms with Crippen molar-refractivity contribution in [3.63, 3.8) is 0 Å². The Morgan fingerprint density at radius 3 is 1.38 bits per heavy atom. The van der Waals surface area contributed by atoms with E-state index in [4.69, 9.17) is 18.6 Å². The number of halogens is 2. The molecule has 0 aromatic heterocycles. The Balaban J connectivity index is 0.000000219. The zero-order chi connectivity index (χ0) is 15.7. The Labute approximate surface area is 144 Å². The van der Waals surface area contributed by atoms with Gasteiger partial charge in [-0.2, -0.15) is 0 Å². The normalized spacial score (nSPS) is 23.7. The Kier molecular flexibility index (Phi) is 11.0. The number of hydrogen-bond acceptors (Lipinski definition) is 4. The quantitative estimate of drug-likeness (QED) is 0.660. The van der Waals surface area contributed by atoms with Gasteiger partial charge in [0, 0.05) is 39.3 Å². The molecule has 4 nitrogen and oxygen atoms in total. The van der Waals surface area contributed by atoms with E-state index >= 15 is 0 Å². The van der Waals surface area contributed by atoms with E-state index in [9.17, 15) is 0 Å². The van der Waals surface area contributed by atoms with Crippen LogP contribution in [0.5, 0.6) is 0 Å². The summed E-state index contributed by atoms with van der Waals surface area (Å²) in [6, 6.07) is 0.523. The molecular formula is C14H30Cl2N4Ti. The van der Waals surface area contributed by atoms with Gasteiger partial charge in [-0.15, -0.1) is 0 Å². The fourth-order valence-electron chi connectivity index (χ4n) is 2.53. The summed E-state index contributed by atoms with van der Waals surface area (Å²) in [5.41, 5.74) is 0. The van der Waals surface area contributed by atoms with Gasteiger partial charge in [0.15, 0.2) is 0 Å². The average molecular weight is 373 g/mol. The first kappa shape index (κ1) is 20.0. The van der Waals surface area contributed by atoms with Crippen LogP contribution in [0.15, 0.2) is 3.42 Å². The summed E-state index contributed by atoms with van der Waals surface area (Å²) in [4.78, 5) is 7.20. The number of rotatable bonds is 1. The van der Waals surface area contributed by atoms with Gasteiger partial charge >= 0.3 is 69.3 Å². The van der Waals surface area contributed by atoms with Crippen LogP contribution in [0.25, 0.3) is 0 Å². The first-order chi connectivity index (χ1) is 9.97. The summed E-state index contributed by atoms with van der Waals surface area (Å²) in [6.07, 6.45) is 5.06. The van der Waals surface area contributed by atoms with Crippen molar-refractivity contribution in [2.24, 2.45) is 3.42 Å². The summed E-state index contributed by atoms with van der Waals surface area (Å²) in [7, 11) is 17.9. The molecule has 124 valence electrons. The fraction of sp³-hybridized carbons (Fsp3) is 1.00. The van der Waals surface area contributed by atoms with Crippen LogP contribution >= 0.6 is 18.6 Å². The van der Waals surface area contributed by atoms with Crippen molar-refractivity contribution in [3.05, 3.63) is 0 Å². The summed E-state index contributed by atoms with van der Waals surface area (Å²) in [5.74, 6) is 0. The molecule has 0 unspecified atom stereocenters. The zero-order valence-electron chi connectivity index (χ0n) is 13.7. The molecule has 2 rings (SSSR count). The Hall–Kier alpha value is 0.974. The third-order valence-corrected chi connectivity index (χ3v) is 5.87. The van der Waals surface area contributed by atoms with E-state index < -0.39 is 15.6 Å². The summed E-state index contributed by atoms with van der Waals surface area (Å²) in [6.45, 7) is 7.19. The van der Waals surface area contributed by atoms with Crippen LogP contribution in [0.4, 0.5) is 0 Å². The topological polar surface area (TPSA) is 22.1 Å². The van der Waals surface area contributed by atoms with Gasteiger partial charge in [-0.3, -0.25) is 0 Å². The molecule has 0 amide bonds. The molecule has 0 spiro atoms. The van der Waals surface area contributed by atoms with E-state index in [1.807, 2.05) is 0 Å². The monoisotopic (exact) mass is 372 g/mol. The maximum atomic E-state index is 5.62. The van der Waals surface area contributed by atoms with E-state index in [0.29, 0.717) is 6.04 Å². The molecule has 21 heavy (non-hydrogen) atoms. The molecule has 0 bridgehead atoms. The van der Waals surface area contributed by atoms with Crippen molar-refractivity contribution >= 4 is 18.6 Å². The van der Waals surface area contributed by atoms with Gasteiger partial charge in [0.2, 0.25) is 0 Å². The molecule has 1 saturated carbocycles. The molecule has 0 N–H and O–H groups in total. The van der Waals surface area contributed by atoms with Crippen molar-refractivity contribution in [2.75, 3.05) is 60.4 Å². The van der Waals surface area contributed by atoms with Gasteiger partial charge < -0.3 is 14.7 Å². The molecule has 1 saturated heterocycles. The van der Waals surface area contributed by atoms with Crippen LogP contribution in [0.1, 0.15) is 25.7 Å². The molecule has 1 aliphatic heterocycles. The standard InChI is InChI=1S/C9H21N3.C5H9N.2ClH.Ti/c1-10-4-6-11(2)8-9-12(3)7-5-10;6-5-3-1-2-4-5;;;/h4-9H2,1-3H3;5H,1-4H2;2*1H;/q;;;;+2/p-2. The Bertz CT molecular complexity index is 272. The molecule has 0 aromatic rings. The molecule has 1 heterocycles. The Morgan fingerprint density at radius 1 is 0.762 bits per heavy atom. The number of hydrogen-bond donors (Lipinski definition) is 0. The van der Waals surface area contributed by atoms with E-state index in [1.54, 1.807) is 0 Å². The third kappa shape index (κ3) is 10.4. The summed E-state index contributed by atoms with van der Waals surface area (Å²) < 4.78 is 4.27. The summed E-state index contributed by atoms with van der Waals surface area (Å²) in [5, 5.41) is 0. The maximum absolute atomic E-state index is 5.62. The van der Waals surface area contributed by atoms with E-state index in [2.05, 4.69) is 39.3 Å². The van der Waals surface area contributed by atoms with E-state index in [-0.39, 0.29) is 0 Å². The van der Waals surface area contributed by atoms with Gasteiger partial charge in [-0.05, 0) is 21.1 Å². The SMILES string of the molecule is CN1CCN(C)CCN(C)CC1.[Cl][Ti]([Cl])=[N]C1CCCC1. The molecule has 1 aliphatic carbocycles. The predicted molar refractivity (Wildman–Crippen MR) is 88.9 cm³/mol. The van der Waals surface area contributed by atoms with Crippen molar-refractivity contribution in [2.45, 2.75) is 31.7 Å². The molecule has 2 fully saturated rings. The molecule has 0 atom stereocenters. The second kappa shape index (κ2) is 11.5. The van der Waals surface area contributed by atoms with Crippen molar-refractivity contribution in [1.29, 1.82) is 0 Å². The zero-order valence-corrected chi connectivity index (χ0v) is 16.8. The van der Waals surface area contributed by atoms with Crippen LogP contribution in [0.3, 0.4) is 0 Å². The van der Waals surface area contributed by atoms with Crippen LogP contribution in [-0.4, -0.2) is 81.2 Å². The van der Waals surface area contributed by atoms with Crippen molar-refractivity contribution < 1.29 is 15.6 Å². The third-order valence-electron chi connectivity index (χ3n) is 4.20. The van der Waals surface area contributed by atoms with Gasteiger partial charge in [-0.1, -0.05) is 0 Å². The van der Waals surface area contributed by atoms with Gasteiger partial charge in [0.05, 0.1) is 0 Å². The first-order valence-electron chi connectivity index (χ1n) is 7.92. The molecule has 7 heteroatoms. The van der Waals surface area contributed by atoms with E-state index in [1.165, 1.54) is 65.0 Å². The van der Waals surface area contributed by atoms with Crippen LogP contribution < -0.4 is 0 Å². The van der Waals surface area contributed by atoms with Crippen molar-refractivity contribution in [3.8, 4) is 0 Å². The number of likely N-dealkylation sites (N-methyl/N-ethyl adjacent to an activating group) is 3. The van der Waals surface area contributed by atoms with Gasteiger partial charge in [0.1, 0.15) is 0 Å². The predicted octanol–water partition coefficient (Wildman–Crippen LogP) is 2.83. The van der Waals surface area contributed by atoms with E-state index in [0.717, 1.165) is 0 Å². The first-order valence-corrected chi connectivity index (χ1v) is 12.9. The fourth-order valence-corrected chi connectivity index (χ4v) is 4.50. The minimum absolute atomic E-state index is 0.523. The van der Waals surface area contributed by atoms with Crippen LogP contribution in [0, 0.1) is 0 Å². The van der Waals surface area contributed by atoms with Gasteiger partial charge in [0.25, 0.3) is 0 Å². The van der Waals surface area contributed by atoms with Crippen LogP contribution in [0.2, 0.25) is 0 Å². The average Bonchev–Trinajstić information content (AvgIpc) is 2.93. The second-order valence-electron chi connectivity index (χ2n) is 6.22. The second-order valence-corrected chi connectivity index (χ2v) is 11.1. The summed E-state index contributed by atoms with van der Waals surface area (Å²) >= 11 is -1.88. The molecule has 2 aliphatic rings. The molecule has 0 aromatic carbocycles. The minimum atomic E-state index is -1.88. The van der Waals surface area contributed by atoms with Crippen molar-refractivity contribution in [1.82, 2.24) is 14.7 Å². The van der Waals surface area contributed by atoms with Crippen LogP contribution in [-0.2, 0) is 15.6 Å². The molecule has 0 radical (unpaired) electrons. The number of nitrogens with zero attached hydrogens (tertiary/aromatic N) is 4.